The van der Waals surface area contributed by atoms with Gasteiger partial charge in [0.1, 0.15) is 6.10 Å². The summed E-state index contributed by atoms with van der Waals surface area (Å²) >= 11 is 0. The summed E-state index contributed by atoms with van der Waals surface area (Å²) in [4.78, 5) is 12.7. The number of ether oxygens (including phenoxy) is 1. The van der Waals surface area contributed by atoms with E-state index in [4.69, 9.17) is 10.5 Å². The molecule has 0 aromatic heterocycles. The zero-order chi connectivity index (χ0) is 13.1. The Bertz CT molecular complexity index is 442. The zero-order valence-corrected chi connectivity index (χ0v) is 10.3. The van der Waals surface area contributed by atoms with Crippen LogP contribution in [-0.4, -0.2) is 36.1 Å². The molecule has 0 radical (unpaired) electrons. The van der Waals surface area contributed by atoms with E-state index < -0.39 is 4.92 Å². The predicted molar refractivity (Wildman–Crippen MR) is 68.7 cm³/mol. The molecule has 1 heterocycles. The normalized spacial score (nSPS) is 17.6. The van der Waals surface area contributed by atoms with Crippen molar-refractivity contribution < 1.29 is 9.66 Å². The fourth-order valence-corrected chi connectivity index (χ4v) is 2.06. The highest BCUT2D eigenvalue weighted by atomic mass is 16.6. The summed E-state index contributed by atoms with van der Waals surface area (Å²) in [5.41, 5.74) is 5.86. The second-order valence-electron chi connectivity index (χ2n) is 4.60. The molecular weight excluding hydrogens is 234 g/mol. The Kier molecular flexibility index (Phi) is 3.66. The summed E-state index contributed by atoms with van der Waals surface area (Å²) in [6.07, 6.45) is 1.82. The molecule has 0 unspecified atom stereocenters. The van der Waals surface area contributed by atoms with Crippen LogP contribution in [0.15, 0.2) is 18.2 Å². The number of nitrogen functional groups attached to an aromatic ring is 1. The minimum absolute atomic E-state index is 0.0449. The third-order valence-electron chi connectivity index (χ3n) is 3.14. The average Bonchev–Trinajstić information content (AvgIpc) is 2.34. The van der Waals surface area contributed by atoms with Crippen LogP contribution in [0.1, 0.15) is 12.8 Å². The highest BCUT2D eigenvalue weighted by molar-refractivity contribution is 5.56. The lowest BCUT2D eigenvalue weighted by Crippen LogP contribution is -2.35. The van der Waals surface area contributed by atoms with E-state index in [1.807, 2.05) is 0 Å². The number of likely N-dealkylation sites (tertiary alicyclic amines) is 1. The molecule has 1 aliphatic rings. The molecule has 1 saturated heterocycles. The lowest BCUT2D eigenvalue weighted by atomic mass is 10.1. The molecule has 0 amide bonds. The molecule has 1 aliphatic heterocycles. The average molecular weight is 251 g/mol. The summed E-state index contributed by atoms with van der Waals surface area (Å²) in [6, 6.07) is 4.54. The van der Waals surface area contributed by atoms with Crippen LogP contribution < -0.4 is 10.5 Å². The van der Waals surface area contributed by atoms with Crippen LogP contribution >= 0.6 is 0 Å². The van der Waals surface area contributed by atoms with Crippen molar-refractivity contribution in [3.05, 3.63) is 28.3 Å². The highest BCUT2D eigenvalue weighted by Crippen LogP contribution is 2.31. The minimum Gasteiger partial charge on any atom is -0.483 e. The van der Waals surface area contributed by atoms with Gasteiger partial charge in [-0.15, -0.1) is 0 Å². The van der Waals surface area contributed by atoms with Crippen LogP contribution in [0.4, 0.5) is 11.4 Å². The predicted octanol–water partition coefficient (Wildman–Crippen LogP) is 1.65. The van der Waals surface area contributed by atoms with E-state index in [1.165, 1.54) is 6.07 Å². The smallest absolute Gasteiger partial charge is 0.312 e. The van der Waals surface area contributed by atoms with Gasteiger partial charge in [0.15, 0.2) is 5.75 Å². The molecule has 0 aliphatic carbocycles. The van der Waals surface area contributed by atoms with Crippen LogP contribution in [0.3, 0.4) is 0 Å². The summed E-state index contributed by atoms with van der Waals surface area (Å²) in [7, 11) is 2.06. The summed E-state index contributed by atoms with van der Waals surface area (Å²) < 4.78 is 5.73. The van der Waals surface area contributed by atoms with Crippen LogP contribution in [0.2, 0.25) is 0 Å². The molecule has 0 spiro atoms. The summed E-state index contributed by atoms with van der Waals surface area (Å²) in [6.45, 7) is 1.90. The van der Waals surface area contributed by atoms with Crippen LogP contribution in [0.5, 0.6) is 5.75 Å². The van der Waals surface area contributed by atoms with Crippen LogP contribution in [0.25, 0.3) is 0 Å². The summed E-state index contributed by atoms with van der Waals surface area (Å²) in [5.74, 6) is 0.309. The fourth-order valence-electron chi connectivity index (χ4n) is 2.06. The minimum atomic E-state index is -0.458. The first-order valence-electron chi connectivity index (χ1n) is 5.95. The molecule has 1 aromatic carbocycles. The molecule has 0 saturated carbocycles. The topological polar surface area (TPSA) is 81.6 Å². The van der Waals surface area contributed by atoms with E-state index in [0.717, 1.165) is 25.9 Å². The number of benzene rings is 1. The molecule has 0 atom stereocenters. The number of hydrogen-bond acceptors (Lipinski definition) is 5. The van der Waals surface area contributed by atoms with Crippen molar-refractivity contribution in [1.29, 1.82) is 0 Å². The van der Waals surface area contributed by atoms with Crippen LogP contribution in [0, 0.1) is 10.1 Å². The van der Waals surface area contributed by atoms with Crippen molar-refractivity contribution in [3.8, 4) is 5.75 Å². The first-order chi connectivity index (χ1) is 8.56. The first-order valence-corrected chi connectivity index (χ1v) is 5.95. The van der Waals surface area contributed by atoms with E-state index in [9.17, 15) is 10.1 Å². The maximum absolute atomic E-state index is 10.9. The monoisotopic (exact) mass is 251 g/mol. The van der Waals surface area contributed by atoms with Gasteiger partial charge in [0.25, 0.3) is 0 Å². The molecule has 2 rings (SSSR count). The number of nitro groups is 1. The molecule has 2 N–H and O–H groups in total. The van der Waals surface area contributed by atoms with Gasteiger partial charge in [-0.1, -0.05) is 0 Å². The Morgan fingerprint density at radius 2 is 2.11 bits per heavy atom. The largest absolute Gasteiger partial charge is 0.483 e. The second kappa shape index (κ2) is 5.22. The van der Waals surface area contributed by atoms with Gasteiger partial charge in [0.05, 0.1) is 4.92 Å². The molecule has 6 heteroatoms. The SMILES string of the molecule is CN1CCC(Oc2ccc(N)cc2[N+](=O)[O-])CC1. The van der Waals surface area contributed by atoms with Gasteiger partial charge in [0.2, 0.25) is 0 Å². The van der Waals surface area contributed by atoms with Gasteiger partial charge >= 0.3 is 5.69 Å². The Morgan fingerprint density at radius 1 is 1.44 bits per heavy atom. The molecule has 6 nitrogen and oxygen atoms in total. The fraction of sp³-hybridized carbons (Fsp3) is 0.500. The van der Waals surface area contributed by atoms with Gasteiger partial charge in [-0.2, -0.15) is 0 Å². The number of anilines is 1. The van der Waals surface area contributed by atoms with Gasteiger partial charge in [-0.3, -0.25) is 10.1 Å². The number of nitrogens with two attached hydrogens (primary N) is 1. The number of hydrogen-bond donors (Lipinski definition) is 1. The van der Waals surface area contributed by atoms with E-state index in [1.54, 1.807) is 12.1 Å². The number of nitrogens with zero attached hydrogens (tertiary/aromatic N) is 2. The molecule has 98 valence electrons. The Morgan fingerprint density at radius 3 is 2.72 bits per heavy atom. The number of nitro benzene ring substituents is 1. The Balaban J connectivity index is 2.11. The van der Waals surface area contributed by atoms with Crippen molar-refractivity contribution in [3.63, 3.8) is 0 Å². The second-order valence-corrected chi connectivity index (χ2v) is 4.60. The molecule has 1 fully saturated rings. The van der Waals surface area contributed by atoms with E-state index in [-0.39, 0.29) is 11.8 Å². The first kappa shape index (κ1) is 12.6. The Hall–Kier alpha value is -1.82. The van der Waals surface area contributed by atoms with E-state index in [0.29, 0.717) is 11.4 Å². The van der Waals surface area contributed by atoms with Crippen molar-refractivity contribution in [2.75, 3.05) is 25.9 Å². The lowest BCUT2D eigenvalue weighted by Gasteiger charge is -2.29. The maximum Gasteiger partial charge on any atom is 0.312 e. The molecular formula is C12H17N3O3. The number of rotatable bonds is 3. The maximum atomic E-state index is 10.9. The third-order valence-corrected chi connectivity index (χ3v) is 3.14. The van der Waals surface area contributed by atoms with Gasteiger partial charge in [-0.05, 0) is 32.0 Å². The number of piperidine rings is 1. The van der Waals surface area contributed by atoms with Gasteiger partial charge < -0.3 is 15.4 Å². The van der Waals surface area contributed by atoms with Crippen molar-refractivity contribution in [2.24, 2.45) is 0 Å². The van der Waals surface area contributed by atoms with Crippen molar-refractivity contribution >= 4 is 11.4 Å². The standard InChI is InChI=1S/C12H17N3O3/c1-14-6-4-10(5-7-14)18-12-3-2-9(13)8-11(12)15(16)17/h2-3,8,10H,4-7,13H2,1H3. The zero-order valence-electron chi connectivity index (χ0n) is 10.3. The lowest BCUT2D eigenvalue weighted by molar-refractivity contribution is -0.386. The highest BCUT2D eigenvalue weighted by Gasteiger charge is 2.22. The van der Waals surface area contributed by atoms with Crippen LogP contribution in [-0.2, 0) is 0 Å². The van der Waals surface area contributed by atoms with Gasteiger partial charge in [-0.25, -0.2) is 0 Å². The van der Waals surface area contributed by atoms with E-state index >= 15 is 0 Å². The Labute approximate surface area is 105 Å². The molecule has 0 bridgehead atoms. The molecule has 18 heavy (non-hydrogen) atoms. The van der Waals surface area contributed by atoms with E-state index in [2.05, 4.69) is 11.9 Å². The molecule has 1 aromatic rings. The van der Waals surface area contributed by atoms with Crippen molar-refractivity contribution in [1.82, 2.24) is 4.90 Å². The third kappa shape index (κ3) is 2.89. The van der Waals surface area contributed by atoms with Crippen molar-refractivity contribution in [2.45, 2.75) is 18.9 Å². The summed E-state index contributed by atoms with van der Waals surface area (Å²) in [5, 5.41) is 10.9. The van der Waals surface area contributed by atoms with Gasteiger partial charge in [0, 0.05) is 24.8 Å². The quantitative estimate of drug-likeness (QED) is 0.502.